The Kier molecular flexibility index (Phi) is 6.88. The maximum Gasteiger partial charge on any atom is 0.127 e. The lowest BCUT2D eigenvalue weighted by Gasteiger charge is -1.89. The monoisotopic (exact) mass is 224 g/mol. The number of thiophene rings is 1. The summed E-state index contributed by atoms with van der Waals surface area (Å²) in [6.07, 6.45) is 1.62. The van der Waals surface area contributed by atoms with E-state index in [0.717, 1.165) is 10.5 Å². The van der Waals surface area contributed by atoms with Gasteiger partial charge >= 0.3 is 0 Å². The van der Waals surface area contributed by atoms with E-state index in [9.17, 15) is 0 Å². The van der Waals surface area contributed by atoms with Gasteiger partial charge in [-0.1, -0.05) is 27.7 Å². The van der Waals surface area contributed by atoms with E-state index < -0.39 is 0 Å². The second kappa shape index (κ2) is 7.35. The van der Waals surface area contributed by atoms with E-state index in [4.69, 9.17) is 0 Å². The van der Waals surface area contributed by atoms with Gasteiger partial charge in [0.05, 0.1) is 0 Å². The summed E-state index contributed by atoms with van der Waals surface area (Å²) >= 11 is 1.72. The Morgan fingerprint density at radius 2 is 1.60 bits per heavy atom. The quantitative estimate of drug-likeness (QED) is 0.664. The molecule has 0 unspecified atom stereocenters. The van der Waals surface area contributed by atoms with Gasteiger partial charge in [-0.15, -0.1) is 11.3 Å². The van der Waals surface area contributed by atoms with E-state index in [1.54, 1.807) is 17.7 Å². The van der Waals surface area contributed by atoms with E-state index in [2.05, 4.69) is 23.0 Å². The van der Waals surface area contributed by atoms with Gasteiger partial charge < -0.3 is 0 Å². The second-order valence-corrected chi connectivity index (χ2v) is 3.77. The molecule has 0 fully saturated rings. The van der Waals surface area contributed by atoms with E-state index in [1.165, 1.54) is 10.3 Å². The normalized spacial score (nSPS) is 8.67. The molecule has 0 saturated carbocycles. The Balaban J connectivity index is 0.000000442. The summed E-state index contributed by atoms with van der Waals surface area (Å²) in [6, 6.07) is 2.13. The number of fused-ring (bicyclic) bond motifs is 1. The molecule has 3 heteroatoms. The van der Waals surface area contributed by atoms with Crippen LogP contribution in [0.1, 0.15) is 38.3 Å². The van der Waals surface area contributed by atoms with Crippen LogP contribution in [0.4, 0.5) is 0 Å². The van der Waals surface area contributed by atoms with Crippen LogP contribution in [0.25, 0.3) is 10.2 Å². The topological polar surface area (TPSA) is 25.8 Å². The van der Waals surface area contributed by atoms with Gasteiger partial charge in [0, 0.05) is 16.0 Å². The summed E-state index contributed by atoms with van der Waals surface area (Å²) in [5.41, 5.74) is 1.07. The summed E-state index contributed by atoms with van der Waals surface area (Å²) in [5.74, 6) is 0. The van der Waals surface area contributed by atoms with Gasteiger partial charge in [-0.25, -0.2) is 9.97 Å². The fourth-order valence-corrected chi connectivity index (χ4v) is 1.99. The van der Waals surface area contributed by atoms with Crippen LogP contribution >= 0.6 is 11.3 Å². The zero-order valence-electron chi connectivity index (χ0n) is 10.5. The van der Waals surface area contributed by atoms with Crippen LogP contribution in [0, 0.1) is 13.8 Å². The summed E-state index contributed by atoms with van der Waals surface area (Å²) < 4.78 is 0. The van der Waals surface area contributed by atoms with Gasteiger partial charge in [-0.2, -0.15) is 0 Å². The summed E-state index contributed by atoms with van der Waals surface area (Å²) in [7, 11) is 0. The Bertz CT molecular complexity index is 393. The predicted octanol–water partition coefficient (Wildman–Crippen LogP) is 4.36. The average molecular weight is 224 g/mol. The number of rotatable bonds is 0. The lowest BCUT2D eigenvalue weighted by Crippen LogP contribution is -1.81. The lowest BCUT2D eigenvalue weighted by atomic mass is 10.3. The first-order chi connectivity index (χ1) is 7.27. The summed E-state index contributed by atoms with van der Waals surface area (Å²) in [4.78, 5) is 10.7. The van der Waals surface area contributed by atoms with Crippen molar-refractivity contribution in [3.63, 3.8) is 0 Å². The van der Waals surface area contributed by atoms with Crippen LogP contribution < -0.4 is 0 Å². The number of hydrogen-bond donors (Lipinski definition) is 0. The average Bonchev–Trinajstić information content (AvgIpc) is 2.66. The largest absolute Gasteiger partial charge is 0.241 e. The van der Waals surface area contributed by atoms with Crippen molar-refractivity contribution in [2.75, 3.05) is 0 Å². The molecule has 84 valence electrons. The molecule has 0 aliphatic heterocycles. The highest BCUT2D eigenvalue weighted by Gasteiger charge is 2.01. The minimum Gasteiger partial charge on any atom is -0.241 e. The van der Waals surface area contributed by atoms with Gasteiger partial charge in [-0.05, 0) is 19.9 Å². The molecule has 0 atom stereocenters. The van der Waals surface area contributed by atoms with Crippen LogP contribution in [0.2, 0.25) is 0 Å². The van der Waals surface area contributed by atoms with Crippen molar-refractivity contribution in [1.29, 1.82) is 0 Å². The third kappa shape index (κ3) is 3.59. The molecule has 2 nitrogen and oxygen atoms in total. The standard InChI is InChI=1S/C8H8N2S.2C2H6/c1-5-3-7-6(2)9-4-10-8(7)11-5;2*1-2/h3-4H,1-2H3;2*1-2H3. The number of nitrogens with zero attached hydrogens (tertiary/aromatic N) is 2. The van der Waals surface area contributed by atoms with Crippen LogP contribution in [0.3, 0.4) is 0 Å². The first-order valence-electron chi connectivity index (χ1n) is 5.45. The minimum absolute atomic E-state index is 1.07. The van der Waals surface area contributed by atoms with Crippen molar-refractivity contribution in [1.82, 2.24) is 9.97 Å². The summed E-state index contributed by atoms with van der Waals surface area (Å²) in [5, 5.41) is 1.19. The Morgan fingerprint density at radius 1 is 1.00 bits per heavy atom. The highest BCUT2D eigenvalue weighted by atomic mass is 32.1. The van der Waals surface area contributed by atoms with Crippen molar-refractivity contribution in [3.8, 4) is 0 Å². The van der Waals surface area contributed by atoms with E-state index in [0.29, 0.717) is 0 Å². The van der Waals surface area contributed by atoms with E-state index >= 15 is 0 Å². The third-order valence-electron chi connectivity index (χ3n) is 1.65. The van der Waals surface area contributed by atoms with Gasteiger partial charge in [0.1, 0.15) is 11.2 Å². The van der Waals surface area contributed by atoms with Crippen molar-refractivity contribution >= 4 is 21.6 Å². The molecule has 0 bridgehead atoms. The minimum atomic E-state index is 1.07. The second-order valence-electron chi connectivity index (χ2n) is 2.53. The van der Waals surface area contributed by atoms with Gasteiger partial charge in [0.15, 0.2) is 0 Å². The van der Waals surface area contributed by atoms with Gasteiger partial charge in [0.2, 0.25) is 0 Å². The van der Waals surface area contributed by atoms with E-state index in [1.807, 2.05) is 34.6 Å². The molecule has 2 aromatic heterocycles. The first-order valence-corrected chi connectivity index (χ1v) is 6.27. The molecule has 0 aliphatic carbocycles. The van der Waals surface area contributed by atoms with Crippen LogP contribution in [-0.4, -0.2) is 9.97 Å². The highest BCUT2D eigenvalue weighted by molar-refractivity contribution is 7.18. The molecule has 15 heavy (non-hydrogen) atoms. The Hall–Kier alpha value is -0.960. The molecule has 0 amide bonds. The lowest BCUT2D eigenvalue weighted by molar-refractivity contribution is 1.16. The fourth-order valence-electron chi connectivity index (χ4n) is 1.09. The molecule has 0 saturated heterocycles. The molecule has 2 aromatic rings. The Morgan fingerprint density at radius 3 is 2.13 bits per heavy atom. The van der Waals surface area contributed by atoms with Gasteiger partial charge in [-0.3, -0.25) is 0 Å². The zero-order chi connectivity index (χ0) is 11.8. The molecule has 2 heterocycles. The Labute approximate surface area is 96.4 Å². The molecular weight excluding hydrogens is 204 g/mol. The highest BCUT2D eigenvalue weighted by Crippen LogP contribution is 2.23. The summed E-state index contributed by atoms with van der Waals surface area (Å²) in [6.45, 7) is 12.1. The maximum absolute atomic E-state index is 4.17. The molecule has 0 aromatic carbocycles. The van der Waals surface area contributed by atoms with Crippen LogP contribution in [0.15, 0.2) is 12.4 Å². The van der Waals surface area contributed by atoms with Crippen LogP contribution in [0.5, 0.6) is 0 Å². The van der Waals surface area contributed by atoms with E-state index in [-0.39, 0.29) is 0 Å². The maximum atomic E-state index is 4.17. The predicted molar refractivity (Wildman–Crippen MR) is 69.6 cm³/mol. The third-order valence-corrected chi connectivity index (χ3v) is 2.61. The van der Waals surface area contributed by atoms with Gasteiger partial charge in [0.25, 0.3) is 0 Å². The van der Waals surface area contributed by atoms with Crippen LogP contribution in [-0.2, 0) is 0 Å². The molecular formula is C12H20N2S. The van der Waals surface area contributed by atoms with Crippen molar-refractivity contribution in [2.24, 2.45) is 0 Å². The number of aryl methyl sites for hydroxylation is 2. The van der Waals surface area contributed by atoms with Crippen molar-refractivity contribution < 1.29 is 0 Å². The number of aromatic nitrogens is 2. The molecule has 0 radical (unpaired) electrons. The zero-order valence-corrected chi connectivity index (χ0v) is 11.3. The molecule has 0 aliphatic rings. The molecule has 0 N–H and O–H groups in total. The fraction of sp³-hybridized carbons (Fsp3) is 0.500. The van der Waals surface area contributed by atoms with Crippen molar-refractivity contribution in [3.05, 3.63) is 23.0 Å². The SMILES string of the molecule is CC.CC.Cc1cc2c(C)ncnc2s1. The first kappa shape index (κ1) is 14.0. The van der Waals surface area contributed by atoms with Crippen molar-refractivity contribution in [2.45, 2.75) is 41.5 Å². The number of hydrogen-bond acceptors (Lipinski definition) is 3. The molecule has 0 spiro atoms. The smallest absolute Gasteiger partial charge is 0.127 e. The molecule has 2 rings (SSSR count).